The van der Waals surface area contributed by atoms with E-state index in [9.17, 15) is 8.42 Å². The molecule has 1 aromatic carbocycles. The number of nitrogen functional groups attached to an aromatic ring is 1. The molecule has 0 atom stereocenters. The van der Waals surface area contributed by atoms with Crippen LogP contribution in [0.5, 0.6) is 0 Å². The van der Waals surface area contributed by atoms with Crippen molar-refractivity contribution in [1.82, 2.24) is 4.72 Å². The first-order valence-corrected chi connectivity index (χ1v) is 10.6. The molecule has 5 nitrogen and oxygen atoms in total. The normalized spacial score (nSPS) is 34.5. The molecule has 0 unspecified atom stereocenters. The fraction of sp³-hybridized carbons (Fsp3) is 0.667. The molecule has 24 heavy (non-hydrogen) atoms. The molecule has 4 fully saturated rings. The zero-order valence-corrected chi connectivity index (χ0v) is 15.0. The highest BCUT2D eigenvalue weighted by molar-refractivity contribution is 7.89. The molecule has 0 aromatic heterocycles. The Kier molecular flexibility index (Phi) is 4.00. The summed E-state index contributed by atoms with van der Waals surface area (Å²) in [5.74, 6) is 3.39. The van der Waals surface area contributed by atoms with Crippen molar-refractivity contribution in [3.05, 3.63) is 18.2 Å². The monoisotopic (exact) mass is 349 g/mol. The van der Waals surface area contributed by atoms with Gasteiger partial charge >= 0.3 is 0 Å². The van der Waals surface area contributed by atoms with Gasteiger partial charge in [-0.05, 0) is 74.0 Å². The second-order valence-electron chi connectivity index (χ2n) is 7.85. The Balaban J connectivity index is 1.53. The molecule has 4 saturated carbocycles. The van der Waals surface area contributed by atoms with Crippen LogP contribution in [-0.2, 0) is 10.0 Å². The first kappa shape index (κ1) is 16.2. The number of rotatable bonds is 5. The summed E-state index contributed by atoms with van der Waals surface area (Å²) >= 11 is 0. The third-order valence-corrected chi connectivity index (χ3v) is 7.76. The highest BCUT2D eigenvalue weighted by atomic mass is 32.2. The van der Waals surface area contributed by atoms with Gasteiger partial charge in [0, 0.05) is 12.6 Å². The van der Waals surface area contributed by atoms with Gasteiger partial charge in [0.15, 0.2) is 0 Å². The van der Waals surface area contributed by atoms with Gasteiger partial charge in [0.2, 0.25) is 10.0 Å². The van der Waals surface area contributed by atoms with E-state index in [2.05, 4.69) is 10.0 Å². The Hall–Kier alpha value is -1.27. The van der Waals surface area contributed by atoms with Crippen LogP contribution >= 0.6 is 0 Å². The van der Waals surface area contributed by atoms with E-state index in [1.165, 1.54) is 32.1 Å². The molecule has 6 heteroatoms. The number of anilines is 2. The fourth-order valence-corrected chi connectivity index (χ4v) is 6.53. The van der Waals surface area contributed by atoms with Crippen LogP contribution in [0.3, 0.4) is 0 Å². The molecule has 0 spiro atoms. The van der Waals surface area contributed by atoms with Crippen molar-refractivity contribution in [2.45, 2.75) is 50.0 Å². The van der Waals surface area contributed by atoms with Gasteiger partial charge in [-0.25, -0.2) is 13.1 Å². The Morgan fingerprint density at radius 2 is 1.71 bits per heavy atom. The first-order valence-electron chi connectivity index (χ1n) is 9.12. The van der Waals surface area contributed by atoms with Crippen LogP contribution in [0.4, 0.5) is 11.4 Å². The summed E-state index contributed by atoms with van der Waals surface area (Å²) in [6.45, 7) is 2.14. The van der Waals surface area contributed by atoms with Crippen molar-refractivity contribution < 1.29 is 8.42 Å². The molecule has 4 aliphatic rings. The lowest BCUT2D eigenvalue weighted by atomic mass is 9.54. The van der Waals surface area contributed by atoms with Crippen molar-refractivity contribution in [1.29, 1.82) is 0 Å². The molecule has 0 heterocycles. The lowest BCUT2D eigenvalue weighted by molar-refractivity contribution is 0.00756. The molecule has 5 rings (SSSR count). The SMILES string of the molecule is CCNS(=O)(=O)c1ccc(NC2C3CC4CC(C3)CC2C4)c(N)c1. The van der Waals surface area contributed by atoms with E-state index in [1.807, 2.05) is 6.07 Å². The topological polar surface area (TPSA) is 84.2 Å². The second-order valence-corrected chi connectivity index (χ2v) is 9.62. The maximum Gasteiger partial charge on any atom is 0.240 e. The van der Waals surface area contributed by atoms with Crippen LogP contribution in [-0.4, -0.2) is 21.0 Å². The lowest BCUT2D eigenvalue weighted by Crippen LogP contribution is -2.51. The number of hydrogen-bond donors (Lipinski definition) is 3. The molecule has 1 aromatic rings. The van der Waals surface area contributed by atoms with E-state index >= 15 is 0 Å². The summed E-state index contributed by atoms with van der Waals surface area (Å²) in [6, 6.07) is 5.53. The van der Waals surface area contributed by atoms with E-state index in [0.717, 1.165) is 29.4 Å². The Bertz CT molecular complexity index is 704. The molecule has 0 saturated heterocycles. The molecule has 0 amide bonds. The number of nitrogens with one attached hydrogen (secondary N) is 2. The summed E-state index contributed by atoms with van der Waals surface area (Å²) in [6.07, 6.45) is 6.82. The standard InChI is InChI=1S/C18H27N3O2S/c1-2-20-24(22,23)15-3-4-17(16(19)10-15)21-18-13-6-11-5-12(8-13)9-14(18)7-11/h3-4,10-14,18,20-21H,2,5-9,19H2,1H3. The average Bonchev–Trinajstić information content (AvgIpc) is 2.51. The zero-order chi connectivity index (χ0) is 16.9. The van der Waals surface area contributed by atoms with E-state index in [4.69, 9.17) is 5.73 Å². The minimum absolute atomic E-state index is 0.234. The molecule has 4 aliphatic carbocycles. The second kappa shape index (κ2) is 5.92. The minimum atomic E-state index is -3.46. The van der Waals surface area contributed by atoms with Crippen molar-refractivity contribution in [3.8, 4) is 0 Å². The van der Waals surface area contributed by atoms with Crippen molar-refractivity contribution in [3.63, 3.8) is 0 Å². The fourth-order valence-electron chi connectivity index (χ4n) is 5.45. The summed E-state index contributed by atoms with van der Waals surface area (Å²) in [7, 11) is -3.46. The maximum atomic E-state index is 12.1. The molecule has 4 bridgehead atoms. The van der Waals surface area contributed by atoms with Gasteiger partial charge in [0.05, 0.1) is 16.3 Å². The van der Waals surface area contributed by atoms with Gasteiger partial charge in [-0.15, -0.1) is 0 Å². The molecular formula is C18H27N3O2S. The molecular weight excluding hydrogens is 322 g/mol. The Morgan fingerprint density at radius 1 is 1.08 bits per heavy atom. The lowest BCUT2D eigenvalue weighted by Gasteiger charge is -2.54. The number of nitrogens with two attached hydrogens (primary N) is 1. The largest absolute Gasteiger partial charge is 0.397 e. The molecule has 4 N–H and O–H groups in total. The Labute approximate surface area is 144 Å². The van der Waals surface area contributed by atoms with Gasteiger partial charge in [0.1, 0.15) is 0 Å². The summed E-state index contributed by atoms with van der Waals surface area (Å²) in [5.41, 5.74) is 7.56. The predicted octanol–water partition coefficient (Wildman–Crippen LogP) is 2.80. The first-order chi connectivity index (χ1) is 11.5. The zero-order valence-electron chi connectivity index (χ0n) is 14.2. The van der Waals surface area contributed by atoms with Crippen LogP contribution in [0, 0.1) is 23.7 Å². The van der Waals surface area contributed by atoms with E-state index in [-0.39, 0.29) is 4.90 Å². The number of benzene rings is 1. The van der Waals surface area contributed by atoms with Crippen molar-refractivity contribution in [2.75, 3.05) is 17.6 Å². The van der Waals surface area contributed by atoms with Crippen LogP contribution in [0.1, 0.15) is 39.0 Å². The van der Waals surface area contributed by atoms with Gasteiger partial charge in [-0.3, -0.25) is 0 Å². The van der Waals surface area contributed by atoms with Gasteiger partial charge in [0.25, 0.3) is 0 Å². The minimum Gasteiger partial charge on any atom is -0.397 e. The van der Waals surface area contributed by atoms with E-state index < -0.39 is 10.0 Å². The van der Waals surface area contributed by atoms with Gasteiger partial charge in [-0.1, -0.05) is 6.92 Å². The average molecular weight is 350 g/mol. The highest BCUT2D eigenvalue weighted by Gasteiger charge is 2.48. The third kappa shape index (κ3) is 2.80. The smallest absolute Gasteiger partial charge is 0.240 e. The summed E-state index contributed by atoms with van der Waals surface area (Å²) in [4.78, 5) is 0.234. The van der Waals surface area contributed by atoms with Crippen LogP contribution in [0.25, 0.3) is 0 Å². The highest BCUT2D eigenvalue weighted by Crippen LogP contribution is 2.54. The third-order valence-electron chi connectivity index (χ3n) is 6.22. The van der Waals surface area contributed by atoms with Crippen LogP contribution in [0.15, 0.2) is 23.1 Å². The van der Waals surface area contributed by atoms with E-state index in [0.29, 0.717) is 18.3 Å². The van der Waals surface area contributed by atoms with E-state index in [1.54, 1.807) is 19.1 Å². The Morgan fingerprint density at radius 3 is 2.25 bits per heavy atom. The molecule has 0 radical (unpaired) electrons. The molecule has 132 valence electrons. The molecule has 0 aliphatic heterocycles. The van der Waals surface area contributed by atoms with Crippen molar-refractivity contribution in [2.24, 2.45) is 23.7 Å². The van der Waals surface area contributed by atoms with Gasteiger partial charge in [-0.2, -0.15) is 0 Å². The summed E-state index contributed by atoms with van der Waals surface area (Å²) in [5, 5.41) is 3.66. The predicted molar refractivity (Wildman–Crippen MR) is 96.2 cm³/mol. The number of sulfonamides is 1. The quantitative estimate of drug-likeness (QED) is 0.714. The van der Waals surface area contributed by atoms with Crippen molar-refractivity contribution >= 4 is 21.4 Å². The maximum absolute atomic E-state index is 12.1. The van der Waals surface area contributed by atoms with Crippen LogP contribution in [0.2, 0.25) is 0 Å². The summed E-state index contributed by atoms with van der Waals surface area (Å²) < 4.78 is 26.7. The van der Waals surface area contributed by atoms with Crippen LogP contribution < -0.4 is 15.8 Å². The van der Waals surface area contributed by atoms with Gasteiger partial charge < -0.3 is 11.1 Å². The number of hydrogen-bond acceptors (Lipinski definition) is 4.